The van der Waals surface area contributed by atoms with Crippen molar-refractivity contribution < 1.29 is 14.5 Å². The first-order valence-corrected chi connectivity index (χ1v) is 8.53. The summed E-state index contributed by atoms with van der Waals surface area (Å²) < 4.78 is 0. The van der Waals surface area contributed by atoms with E-state index in [0.29, 0.717) is 27.5 Å². The van der Waals surface area contributed by atoms with Gasteiger partial charge in [-0.2, -0.15) is 0 Å². The zero-order valence-corrected chi connectivity index (χ0v) is 15.1. The number of anilines is 2. The van der Waals surface area contributed by atoms with E-state index in [1.165, 1.54) is 24.3 Å². The molecule has 7 nitrogen and oxygen atoms in total. The van der Waals surface area contributed by atoms with Crippen molar-refractivity contribution in [3.05, 3.63) is 99.1 Å². The molecule has 0 saturated heterocycles. The molecule has 3 rings (SSSR count). The summed E-state index contributed by atoms with van der Waals surface area (Å²) in [6, 6.07) is 18.5. The summed E-state index contributed by atoms with van der Waals surface area (Å²) in [6.07, 6.45) is 0. The van der Waals surface area contributed by atoms with Crippen LogP contribution >= 0.6 is 11.6 Å². The van der Waals surface area contributed by atoms with Crippen LogP contribution in [-0.4, -0.2) is 16.7 Å². The topological polar surface area (TPSA) is 101 Å². The number of non-ortho nitro benzene ring substituents is 1. The molecule has 140 valence electrons. The van der Waals surface area contributed by atoms with Crippen LogP contribution in [0, 0.1) is 10.1 Å². The first-order chi connectivity index (χ1) is 13.4. The van der Waals surface area contributed by atoms with E-state index in [2.05, 4.69) is 10.6 Å². The van der Waals surface area contributed by atoms with Gasteiger partial charge in [-0.1, -0.05) is 17.7 Å². The molecule has 3 aromatic carbocycles. The Hall–Kier alpha value is -3.71. The van der Waals surface area contributed by atoms with Gasteiger partial charge in [0.1, 0.15) is 0 Å². The van der Waals surface area contributed by atoms with Crippen LogP contribution in [0.5, 0.6) is 0 Å². The number of nitro benzene ring substituents is 1. The molecular formula is C20H14ClN3O4. The Labute approximate surface area is 165 Å². The van der Waals surface area contributed by atoms with Crippen molar-refractivity contribution in [2.24, 2.45) is 0 Å². The number of hydrogen-bond donors (Lipinski definition) is 2. The molecule has 0 aliphatic carbocycles. The smallest absolute Gasteiger partial charge is 0.269 e. The minimum Gasteiger partial charge on any atom is -0.322 e. The highest BCUT2D eigenvalue weighted by molar-refractivity contribution is 6.31. The highest BCUT2D eigenvalue weighted by atomic mass is 35.5. The average Bonchev–Trinajstić information content (AvgIpc) is 2.69. The Morgan fingerprint density at radius 3 is 1.82 bits per heavy atom. The van der Waals surface area contributed by atoms with Gasteiger partial charge in [0.25, 0.3) is 17.5 Å². The van der Waals surface area contributed by atoms with Gasteiger partial charge in [-0.3, -0.25) is 19.7 Å². The lowest BCUT2D eigenvalue weighted by atomic mass is 10.2. The fraction of sp³-hybridized carbons (Fsp3) is 0. The van der Waals surface area contributed by atoms with Gasteiger partial charge in [0.05, 0.1) is 4.92 Å². The maximum atomic E-state index is 12.2. The van der Waals surface area contributed by atoms with E-state index in [1.54, 1.807) is 48.5 Å². The van der Waals surface area contributed by atoms with Gasteiger partial charge in [-0.15, -0.1) is 0 Å². The summed E-state index contributed by atoms with van der Waals surface area (Å²) in [7, 11) is 0. The van der Waals surface area contributed by atoms with E-state index in [1.807, 2.05) is 0 Å². The molecule has 0 atom stereocenters. The molecule has 3 aromatic rings. The third-order valence-corrected chi connectivity index (χ3v) is 4.06. The van der Waals surface area contributed by atoms with Crippen LogP contribution in [0.2, 0.25) is 5.02 Å². The number of carbonyl (C=O) groups excluding carboxylic acids is 2. The van der Waals surface area contributed by atoms with E-state index in [9.17, 15) is 19.7 Å². The summed E-state index contributed by atoms with van der Waals surface area (Å²) in [6.45, 7) is 0. The molecular weight excluding hydrogens is 382 g/mol. The largest absolute Gasteiger partial charge is 0.322 e. The zero-order valence-electron chi connectivity index (χ0n) is 14.4. The number of halogens is 1. The molecule has 0 saturated carbocycles. The minimum atomic E-state index is -0.530. The third-order valence-electron chi connectivity index (χ3n) is 3.83. The van der Waals surface area contributed by atoms with Gasteiger partial charge in [-0.05, 0) is 54.6 Å². The molecule has 8 heteroatoms. The summed E-state index contributed by atoms with van der Waals surface area (Å²) in [4.78, 5) is 34.5. The maximum Gasteiger partial charge on any atom is 0.269 e. The van der Waals surface area contributed by atoms with Crippen LogP contribution in [0.3, 0.4) is 0 Å². The number of rotatable bonds is 5. The first kappa shape index (κ1) is 19.1. The highest BCUT2D eigenvalue weighted by Gasteiger charge is 2.10. The normalized spacial score (nSPS) is 10.2. The Morgan fingerprint density at radius 1 is 0.786 bits per heavy atom. The highest BCUT2D eigenvalue weighted by Crippen LogP contribution is 2.18. The van der Waals surface area contributed by atoms with Crippen molar-refractivity contribution in [3.8, 4) is 0 Å². The van der Waals surface area contributed by atoms with E-state index in [0.717, 1.165) is 0 Å². The third kappa shape index (κ3) is 4.72. The molecule has 0 unspecified atom stereocenters. The van der Waals surface area contributed by atoms with Crippen LogP contribution in [0.15, 0.2) is 72.8 Å². The number of nitrogens with zero attached hydrogens (tertiary/aromatic N) is 1. The number of amides is 2. The lowest BCUT2D eigenvalue weighted by molar-refractivity contribution is -0.384. The van der Waals surface area contributed by atoms with E-state index >= 15 is 0 Å². The molecule has 0 aromatic heterocycles. The van der Waals surface area contributed by atoms with Crippen molar-refractivity contribution in [1.82, 2.24) is 0 Å². The number of nitrogens with one attached hydrogen (secondary N) is 2. The Kier molecular flexibility index (Phi) is 5.67. The zero-order chi connectivity index (χ0) is 20.1. The predicted molar refractivity (Wildman–Crippen MR) is 107 cm³/mol. The molecule has 0 aliphatic heterocycles. The van der Waals surface area contributed by atoms with Crippen molar-refractivity contribution in [3.63, 3.8) is 0 Å². The molecule has 0 bridgehead atoms. The monoisotopic (exact) mass is 395 g/mol. The second kappa shape index (κ2) is 8.32. The van der Waals surface area contributed by atoms with Crippen LogP contribution in [-0.2, 0) is 0 Å². The standard InChI is InChI=1S/C20H14ClN3O4/c21-15-3-1-2-14(12-15)20(26)23-17-8-6-16(7-9-17)22-19(25)13-4-10-18(11-5-13)24(27)28/h1-12H,(H,22,25)(H,23,26). The predicted octanol–water partition coefficient (Wildman–Crippen LogP) is 4.75. The fourth-order valence-corrected chi connectivity index (χ4v) is 2.60. The van der Waals surface area contributed by atoms with Gasteiger partial charge in [0.2, 0.25) is 0 Å². The second-order valence-electron chi connectivity index (χ2n) is 5.80. The quantitative estimate of drug-likeness (QED) is 0.480. The van der Waals surface area contributed by atoms with E-state index in [4.69, 9.17) is 11.6 Å². The average molecular weight is 396 g/mol. The molecule has 0 aliphatic rings. The number of hydrogen-bond acceptors (Lipinski definition) is 4. The molecule has 0 fully saturated rings. The van der Waals surface area contributed by atoms with Crippen LogP contribution < -0.4 is 10.6 Å². The van der Waals surface area contributed by atoms with Crippen molar-refractivity contribution in [1.29, 1.82) is 0 Å². The summed E-state index contributed by atoms with van der Waals surface area (Å²) in [5, 5.41) is 16.6. The number of nitro groups is 1. The summed E-state index contributed by atoms with van der Waals surface area (Å²) >= 11 is 5.88. The van der Waals surface area contributed by atoms with E-state index < -0.39 is 10.8 Å². The minimum absolute atomic E-state index is 0.0867. The molecule has 0 spiro atoms. The lowest BCUT2D eigenvalue weighted by Crippen LogP contribution is -2.13. The van der Waals surface area contributed by atoms with Gasteiger partial charge in [0.15, 0.2) is 0 Å². The van der Waals surface area contributed by atoms with Gasteiger partial charge >= 0.3 is 0 Å². The maximum absolute atomic E-state index is 12.2. The lowest BCUT2D eigenvalue weighted by Gasteiger charge is -2.08. The van der Waals surface area contributed by atoms with Gasteiger partial charge in [-0.25, -0.2) is 0 Å². The fourth-order valence-electron chi connectivity index (χ4n) is 2.41. The Morgan fingerprint density at radius 2 is 1.32 bits per heavy atom. The van der Waals surface area contributed by atoms with E-state index in [-0.39, 0.29) is 11.6 Å². The van der Waals surface area contributed by atoms with Crippen LogP contribution in [0.4, 0.5) is 17.1 Å². The number of carbonyl (C=O) groups is 2. The van der Waals surface area contributed by atoms with Crippen molar-refractivity contribution in [2.75, 3.05) is 10.6 Å². The van der Waals surface area contributed by atoms with Crippen molar-refractivity contribution in [2.45, 2.75) is 0 Å². The number of benzene rings is 3. The summed E-state index contributed by atoms with van der Waals surface area (Å²) in [5.74, 6) is -0.698. The van der Waals surface area contributed by atoms with Crippen LogP contribution in [0.1, 0.15) is 20.7 Å². The molecule has 0 heterocycles. The molecule has 2 amide bonds. The Bertz CT molecular complexity index is 1030. The summed E-state index contributed by atoms with van der Waals surface area (Å²) in [5.41, 5.74) is 1.71. The molecule has 28 heavy (non-hydrogen) atoms. The SMILES string of the molecule is O=C(Nc1ccc(NC(=O)c2cccc(Cl)c2)cc1)c1ccc([N+](=O)[O-])cc1. The molecule has 2 N–H and O–H groups in total. The van der Waals surface area contributed by atoms with Crippen molar-refractivity contribution >= 4 is 40.5 Å². The second-order valence-corrected chi connectivity index (χ2v) is 6.24. The van der Waals surface area contributed by atoms with Gasteiger partial charge < -0.3 is 10.6 Å². The van der Waals surface area contributed by atoms with Gasteiger partial charge in [0, 0.05) is 39.7 Å². The first-order valence-electron chi connectivity index (χ1n) is 8.15. The Balaban J connectivity index is 1.63. The molecule has 0 radical (unpaired) electrons. The van der Waals surface area contributed by atoms with Crippen LogP contribution in [0.25, 0.3) is 0 Å².